The molecule has 0 aromatic heterocycles. The topological polar surface area (TPSA) is 8.88 Å². The predicted octanol–water partition coefficient (Wildman–Crippen LogP) is 0.681. The van der Waals surface area contributed by atoms with Crippen LogP contribution in [0.25, 0.3) is 0 Å². The number of nitrogens with one attached hydrogen (secondary N) is 2. The van der Waals surface area contributed by atoms with E-state index in [9.17, 15) is 0 Å². The standard InChI is InChI=1S/C17H32N2/c1-15-6-5-11-19(14-15)17-9-12-18(13-10-17)16-7-3-2-4-8-16/h15-17H,2-14H2,1H3/p+2. The van der Waals surface area contributed by atoms with Crippen molar-refractivity contribution in [1.82, 2.24) is 0 Å². The van der Waals surface area contributed by atoms with Gasteiger partial charge in [-0.3, -0.25) is 0 Å². The molecule has 2 aliphatic heterocycles. The molecule has 19 heavy (non-hydrogen) atoms. The molecule has 2 N–H and O–H groups in total. The molecule has 0 amide bonds. The molecule has 2 saturated heterocycles. The third-order valence-electron chi connectivity index (χ3n) is 6.19. The minimum atomic E-state index is 0.979. The van der Waals surface area contributed by atoms with E-state index in [2.05, 4.69) is 6.92 Å². The maximum Gasteiger partial charge on any atom is 0.0983 e. The summed E-state index contributed by atoms with van der Waals surface area (Å²) in [6, 6.07) is 2.04. The van der Waals surface area contributed by atoms with Crippen molar-refractivity contribution in [1.29, 1.82) is 0 Å². The first-order valence-electron chi connectivity index (χ1n) is 9.02. The molecule has 3 fully saturated rings. The largest absolute Gasteiger partial charge is 0.332 e. The van der Waals surface area contributed by atoms with Gasteiger partial charge in [-0.05, 0) is 38.5 Å². The first-order valence-corrected chi connectivity index (χ1v) is 9.02. The summed E-state index contributed by atoms with van der Waals surface area (Å²) in [5, 5.41) is 0. The molecular formula is C17H34N2+2. The van der Waals surface area contributed by atoms with Crippen LogP contribution in [0.1, 0.15) is 64.7 Å². The number of hydrogen-bond donors (Lipinski definition) is 2. The number of likely N-dealkylation sites (tertiary alicyclic amines) is 2. The van der Waals surface area contributed by atoms with Crippen LogP contribution in [0.5, 0.6) is 0 Å². The van der Waals surface area contributed by atoms with Gasteiger partial charge in [0.25, 0.3) is 0 Å². The van der Waals surface area contributed by atoms with Crippen LogP contribution in [-0.4, -0.2) is 38.3 Å². The fourth-order valence-electron chi connectivity index (χ4n) is 5.02. The minimum Gasteiger partial charge on any atom is -0.332 e. The summed E-state index contributed by atoms with van der Waals surface area (Å²) in [5.41, 5.74) is 0. The van der Waals surface area contributed by atoms with E-state index in [1.165, 1.54) is 84.0 Å². The second-order valence-corrected chi connectivity index (χ2v) is 7.63. The zero-order valence-electron chi connectivity index (χ0n) is 12.9. The molecule has 0 aromatic rings. The summed E-state index contributed by atoms with van der Waals surface area (Å²) in [5.74, 6) is 0.979. The lowest BCUT2D eigenvalue weighted by atomic mass is 9.91. The number of piperidine rings is 2. The fraction of sp³-hybridized carbons (Fsp3) is 1.00. The number of rotatable bonds is 2. The van der Waals surface area contributed by atoms with E-state index in [0.29, 0.717) is 0 Å². The lowest BCUT2D eigenvalue weighted by Gasteiger charge is -2.40. The Kier molecular flexibility index (Phi) is 4.81. The van der Waals surface area contributed by atoms with Gasteiger partial charge in [0.2, 0.25) is 0 Å². The Labute approximate surface area is 119 Å². The quantitative estimate of drug-likeness (QED) is 0.727. The van der Waals surface area contributed by atoms with E-state index in [0.717, 1.165) is 18.0 Å². The molecule has 3 aliphatic rings. The van der Waals surface area contributed by atoms with Crippen LogP contribution in [0, 0.1) is 5.92 Å². The smallest absolute Gasteiger partial charge is 0.0983 e. The van der Waals surface area contributed by atoms with E-state index >= 15 is 0 Å². The highest BCUT2D eigenvalue weighted by atomic mass is 15.2. The Morgan fingerprint density at radius 1 is 0.632 bits per heavy atom. The van der Waals surface area contributed by atoms with Crippen molar-refractivity contribution in [3.8, 4) is 0 Å². The predicted molar refractivity (Wildman–Crippen MR) is 79.7 cm³/mol. The lowest BCUT2D eigenvalue weighted by molar-refractivity contribution is -0.972. The Balaban J connectivity index is 1.46. The van der Waals surface area contributed by atoms with Crippen molar-refractivity contribution in [3.63, 3.8) is 0 Å². The molecule has 1 aliphatic carbocycles. The van der Waals surface area contributed by atoms with Crippen LogP contribution >= 0.6 is 0 Å². The molecule has 2 nitrogen and oxygen atoms in total. The summed E-state index contributed by atoms with van der Waals surface area (Å²) >= 11 is 0. The highest BCUT2D eigenvalue weighted by Crippen LogP contribution is 2.16. The lowest BCUT2D eigenvalue weighted by Crippen LogP contribution is -3.22. The summed E-state index contributed by atoms with van der Waals surface area (Å²) in [6.45, 7) is 8.35. The second-order valence-electron chi connectivity index (χ2n) is 7.63. The van der Waals surface area contributed by atoms with Crippen molar-refractivity contribution in [2.45, 2.75) is 76.8 Å². The molecular weight excluding hydrogens is 232 g/mol. The molecule has 2 heterocycles. The third kappa shape index (κ3) is 3.52. The molecule has 2 atom stereocenters. The average Bonchev–Trinajstić information content (AvgIpc) is 2.48. The molecule has 0 spiro atoms. The second kappa shape index (κ2) is 6.58. The van der Waals surface area contributed by atoms with Gasteiger partial charge in [0.15, 0.2) is 0 Å². The van der Waals surface area contributed by atoms with Crippen LogP contribution in [-0.2, 0) is 0 Å². The van der Waals surface area contributed by atoms with Crippen LogP contribution in [0.3, 0.4) is 0 Å². The van der Waals surface area contributed by atoms with Gasteiger partial charge in [-0.25, -0.2) is 0 Å². The van der Waals surface area contributed by atoms with Crippen LogP contribution in [0.4, 0.5) is 0 Å². The molecule has 110 valence electrons. The molecule has 0 bridgehead atoms. The van der Waals surface area contributed by atoms with E-state index in [-0.39, 0.29) is 0 Å². The monoisotopic (exact) mass is 266 g/mol. The van der Waals surface area contributed by atoms with Gasteiger partial charge in [-0.15, -0.1) is 0 Å². The normalized spacial score (nSPS) is 42.2. The SMILES string of the molecule is CC1CCC[NH+](C2CC[NH+](C3CCCCC3)CC2)C1. The van der Waals surface area contributed by atoms with Crippen LogP contribution < -0.4 is 9.80 Å². The third-order valence-corrected chi connectivity index (χ3v) is 6.19. The molecule has 2 unspecified atom stereocenters. The highest BCUT2D eigenvalue weighted by molar-refractivity contribution is 4.69. The molecule has 0 aromatic carbocycles. The van der Waals surface area contributed by atoms with Crippen LogP contribution in [0.2, 0.25) is 0 Å². The van der Waals surface area contributed by atoms with Crippen molar-refractivity contribution < 1.29 is 9.80 Å². The van der Waals surface area contributed by atoms with Crippen molar-refractivity contribution in [2.75, 3.05) is 26.2 Å². The van der Waals surface area contributed by atoms with Crippen molar-refractivity contribution in [2.24, 2.45) is 5.92 Å². The van der Waals surface area contributed by atoms with Gasteiger partial charge < -0.3 is 9.80 Å². The summed E-state index contributed by atoms with van der Waals surface area (Å²) in [6.07, 6.45) is 13.5. The Bertz CT molecular complexity index is 264. The van der Waals surface area contributed by atoms with Gasteiger partial charge in [-0.1, -0.05) is 13.3 Å². The summed E-state index contributed by atoms with van der Waals surface area (Å²) in [7, 11) is 0. The van der Waals surface area contributed by atoms with E-state index < -0.39 is 0 Å². The fourth-order valence-corrected chi connectivity index (χ4v) is 5.02. The molecule has 2 heteroatoms. The first-order chi connectivity index (χ1) is 9.33. The van der Waals surface area contributed by atoms with E-state index in [4.69, 9.17) is 0 Å². The molecule has 0 radical (unpaired) electrons. The maximum absolute atomic E-state index is 2.46. The zero-order valence-corrected chi connectivity index (χ0v) is 12.9. The van der Waals surface area contributed by atoms with Crippen molar-refractivity contribution >= 4 is 0 Å². The van der Waals surface area contributed by atoms with Gasteiger partial charge in [-0.2, -0.15) is 0 Å². The van der Waals surface area contributed by atoms with Gasteiger partial charge in [0.1, 0.15) is 0 Å². The highest BCUT2D eigenvalue weighted by Gasteiger charge is 2.35. The van der Waals surface area contributed by atoms with Crippen LogP contribution in [0.15, 0.2) is 0 Å². The van der Waals surface area contributed by atoms with E-state index in [1.807, 2.05) is 9.80 Å². The maximum atomic E-state index is 2.46. The van der Waals surface area contributed by atoms with E-state index in [1.54, 1.807) is 0 Å². The first kappa shape index (κ1) is 13.9. The minimum absolute atomic E-state index is 0.979. The van der Waals surface area contributed by atoms with Gasteiger partial charge >= 0.3 is 0 Å². The Morgan fingerprint density at radius 2 is 1.32 bits per heavy atom. The Hall–Kier alpha value is -0.0800. The zero-order chi connectivity index (χ0) is 13.1. The number of hydrogen-bond acceptors (Lipinski definition) is 0. The molecule has 1 saturated carbocycles. The van der Waals surface area contributed by atoms with Crippen molar-refractivity contribution in [3.05, 3.63) is 0 Å². The Morgan fingerprint density at radius 3 is 2.00 bits per heavy atom. The summed E-state index contributed by atoms with van der Waals surface area (Å²) < 4.78 is 0. The van der Waals surface area contributed by atoms with Gasteiger partial charge in [0.05, 0.1) is 38.3 Å². The molecule has 3 rings (SSSR count). The van der Waals surface area contributed by atoms with Gasteiger partial charge in [0, 0.05) is 18.8 Å². The number of quaternary nitrogens is 2. The average molecular weight is 266 g/mol. The summed E-state index contributed by atoms with van der Waals surface area (Å²) in [4.78, 5) is 3.93.